The van der Waals surface area contributed by atoms with Crippen molar-refractivity contribution in [2.24, 2.45) is 0 Å². The number of amides is 1. The number of carbonyl (C=O) groups is 2. The van der Waals surface area contributed by atoms with E-state index in [0.717, 1.165) is 4.68 Å². The second kappa shape index (κ2) is 7.53. The molecule has 0 saturated carbocycles. The molecule has 0 aliphatic heterocycles. The number of aryl methyl sites for hydroxylation is 1. The minimum atomic E-state index is -0.578. The number of aromatic nitrogens is 2. The Morgan fingerprint density at radius 3 is 2.44 bits per heavy atom. The largest absolute Gasteiger partial charge is 0.326 e. The number of carbonyl (C=O) groups excluding carboxylic acids is 2. The Morgan fingerprint density at radius 1 is 1.24 bits per heavy atom. The molecular weight excluding hydrogens is 320 g/mol. The van der Waals surface area contributed by atoms with Crippen LogP contribution in [-0.4, -0.2) is 21.5 Å². The van der Waals surface area contributed by atoms with Gasteiger partial charge in [-0.3, -0.25) is 14.4 Å². The number of nitriles is 1. The quantitative estimate of drug-likeness (QED) is 0.839. The Morgan fingerprint density at radius 2 is 1.88 bits per heavy atom. The van der Waals surface area contributed by atoms with Gasteiger partial charge < -0.3 is 5.32 Å². The van der Waals surface area contributed by atoms with Gasteiger partial charge in [0.1, 0.15) is 18.2 Å². The molecule has 7 heteroatoms. The van der Waals surface area contributed by atoms with Crippen LogP contribution < -0.4 is 10.9 Å². The SMILES string of the molecule is CCC(=O)Nc1ccc(C(=O)Cn2nc(C)c(C)c(C#N)c2=O)cc1. The van der Waals surface area contributed by atoms with Crippen molar-refractivity contribution >= 4 is 17.4 Å². The van der Waals surface area contributed by atoms with Gasteiger partial charge in [-0.25, -0.2) is 4.68 Å². The average molecular weight is 338 g/mol. The fourth-order valence-corrected chi connectivity index (χ4v) is 2.23. The summed E-state index contributed by atoms with van der Waals surface area (Å²) in [6.07, 6.45) is 0.364. The van der Waals surface area contributed by atoms with E-state index in [1.54, 1.807) is 45.0 Å². The highest BCUT2D eigenvalue weighted by molar-refractivity contribution is 5.97. The van der Waals surface area contributed by atoms with Crippen LogP contribution in [0.25, 0.3) is 0 Å². The highest BCUT2D eigenvalue weighted by Crippen LogP contribution is 2.11. The van der Waals surface area contributed by atoms with E-state index in [1.165, 1.54) is 0 Å². The molecule has 0 bridgehead atoms. The number of nitrogens with one attached hydrogen (secondary N) is 1. The first-order valence-corrected chi connectivity index (χ1v) is 7.79. The monoisotopic (exact) mass is 338 g/mol. The fourth-order valence-electron chi connectivity index (χ4n) is 2.23. The molecule has 0 unspecified atom stereocenters. The summed E-state index contributed by atoms with van der Waals surface area (Å²) >= 11 is 0. The summed E-state index contributed by atoms with van der Waals surface area (Å²) < 4.78 is 1.01. The first kappa shape index (κ1) is 18.1. The lowest BCUT2D eigenvalue weighted by Gasteiger charge is -2.09. The van der Waals surface area contributed by atoms with Crippen LogP contribution in [-0.2, 0) is 11.3 Å². The van der Waals surface area contributed by atoms with Gasteiger partial charge in [0, 0.05) is 17.7 Å². The number of ketones is 1. The standard InChI is InChI=1S/C18H18N4O3/c1-4-17(24)20-14-7-5-13(6-8-14)16(23)10-22-18(25)15(9-19)11(2)12(3)21-22/h5-8H,4,10H2,1-3H3,(H,20,24). The van der Waals surface area contributed by atoms with E-state index in [4.69, 9.17) is 5.26 Å². The zero-order chi connectivity index (χ0) is 18.6. The van der Waals surface area contributed by atoms with Crippen LogP contribution in [0.3, 0.4) is 0 Å². The Kier molecular flexibility index (Phi) is 5.45. The van der Waals surface area contributed by atoms with Crippen molar-refractivity contribution in [3.63, 3.8) is 0 Å². The minimum Gasteiger partial charge on any atom is -0.326 e. The molecule has 0 aliphatic rings. The maximum Gasteiger partial charge on any atom is 0.285 e. The van der Waals surface area contributed by atoms with Crippen molar-refractivity contribution in [3.8, 4) is 6.07 Å². The molecule has 1 heterocycles. The third-order valence-corrected chi connectivity index (χ3v) is 3.85. The van der Waals surface area contributed by atoms with Gasteiger partial charge in [-0.15, -0.1) is 0 Å². The number of benzene rings is 1. The van der Waals surface area contributed by atoms with Crippen molar-refractivity contribution in [1.82, 2.24) is 9.78 Å². The summed E-state index contributed by atoms with van der Waals surface area (Å²) in [5.41, 5.74) is 1.45. The molecule has 0 spiro atoms. The molecule has 0 aliphatic carbocycles. The van der Waals surface area contributed by atoms with Crippen LogP contribution in [0, 0.1) is 25.2 Å². The summed E-state index contributed by atoms with van der Waals surface area (Å²) in [5.74, 6) is -0.427. The third kappa shape index (κ3) is 3.98. The van der Waals surface area contributed by atoms with Crippen LogP contribution in [0.2, 0.25) is 0 Å². The summed E-state index contributed by atoms with van der Waals surface area (Å²) in [7, 11) is 0. The summed E-state index contributed by atoms with van der Waals surface area (Å²) in [4.78, 5) is 36.0. The Labute approximate surface area is 144 Å². The molecule has 1 N–H and O–H groups in total. The van der Waals surface area contributed by atoms with Crippen LogP contribution >= 0.6 is 0 Å². The average Bonchev–Trinajstić information content (AvgIpc) is 2.60. The van der Waals surface area contributed by atoms with Gasteiger partial charge in [-0.05, 0) is 43.7 Å². The van der Waals surface area contributed by atoms with Gasteiger partial charge in [0.05, 0.1) is 5.69 Å². The van der Waals surface area contributed by atoms with Crippen molar-refractivity contribution in [2.75, 3.05) is 5.32 Å². The molecule has 2 aromatic rings. The predicted molar refractivity (Wildman–Crippen MR) is 92.4 cm³/mol. The van der Waals surface area contributed by atoms with Gasteiger partial charge in [0.15, 0.2) is 5.78 Å². The van der Waals surface area contributed by atoms with Crippen molar-refractivity contribution < 1.29 is 9.59 Å². The normalized spacial score (nSPS) is 10.2. The summed E-state index contributed by atoms with van der Waals surface area (Å²) in [6, 6.07) is 8.26. The molecule has 1 amide bonds. The Hall–Kier alpha value is -3.27. The fraction of sp³-hybridized carbons (Fsp3) is 0.278. The lowest BCUT2D eigenvalue weighted by molar-refractivity contribution is -0.115. The topological polar surface area (TPSA) is 105 Å². The second-order valence-electron chi connectivity index (χ2n) is 5.56. The molecule has 0 saturated heterocycles. The number of anilines is 1. The molecule has 1 aromatic heterocycles. The second-order valence-corrected chi connectivity index (χ2v) is 5.56. The molecule has 0 fully saturated rings. The molecule has 0 atom stereocenters. The van der Waals surface area contributed by atoms with Crippen LogP contribution in [0.5, 0.6) is 0 Å². The number of rotatable bonds is 5. The summed E-state index contributed by atoms with van der Waals surface area (Å²) in [6.45, 7) is 4.83. The molecule has 0 radical (unpaired) electrons. The molecule has 25 heavy (non-hydrogen) atoms. The Bertz CT molecular complexity index is 921. The van der Waals surface area contributed by atoms with E-state index >= 15 is 0 Å². The van der Waals surface area contributed by atoms with Gasteiger partial charge in [-0.1, -0.05) is 6.92 Å². The summed E-state index contributed by atoms with van der Waals surface area (Å²) in [5, 5.41) is 15.9. The smallest absolute Gasteiger partial charge is 0.285 e. The third-order valence-electron chi connectivity index (χ3n) is 3.85. The minimum absolute atomic E-state index is 0.00192. The first-order chi connectivity index (χ1) is 11.9. The van der Waals surface area contributed by atoms with E-state index in [0.29, 0.717) is 28.9 Å². The van der Waals surface area contributed by atoms with E-state index in [2.05, 4.69) is 10.4 Å². The zero-order valence-corrected chi connectivity index (χ0v) is 14.3. The lowest BCUT2D eigenvalue weighted by atomic mass is 10.1. The molecular formula is C18H18N4O3. The van der Waals surface area contributed by atoms with Gasteiger partial charge in [0.25, 0.3) is 5.56 Å². The highest BCUT2D eigenvalue weighted by atomic mass is 16.2. The van der Waals surface area contributed by atoms with Crippen LogP contribution in [0.4, 0.5) is 5.69 Å². The van der Waals surface area contributed by atoms with Crippen molar-refractivity contribution in [1.29, 1.82) is 5.26 Å². The Balaban J connectivity index is 2.23. The lowest BCUT2D eigenvalue weighted by Crippen LogP contribution is -2.30. The first-order valence-electron chi connectivity index (χ1n) is 7.79. The number of hydrogen-bond acceptors (Lipinski definition) is 5. The predicted octanol–water partition coefficient (Wildman–Crippen LogP) is 1.96. The molecule has 1 aromatic carbocycles. The van der Waals surface area contributed by atoms with E-state index in [-0.39, 0.29) is 23.8 Å². The zero-order valence-electron chi connectivity index (χ0n) is 14.3. The van der Waals surface area contributed by atoms with Gasteiger partial charge in [-0.2, -0.15) is 10.4 Å². The van der Waals surface area contributed by atoms with E-state index < -0.39 is 5.56 Å². The maximum atomic E-state index is 12.4. The van der Waals surface area contributed by atoms with Gasteiger partial charge in [0.2, 0.25) is 5.91 Å². The molecule has 2 rings (SSSR count). The van der Waals surface area contributed by atoms with E-state index in [1.807, 2.05) is 6.07 Å². The molecule has 7 nitrogen and oxygen atoms in total. The van der Waals surface area contributed by atoms with Gasteiger partial charge >= 0.3 is 0 Å². The van der Waals surface area contributed by atoms with E-state index in [9.17, 15) is 14.4 Å². The highest BCUT2D eigenvalue weighted by Gasteiger charge is 2.15. The number of Topliss-reactive ketones (excluding diaryl/α,β-unsaturated/α-hetero) is 1. The van der Waals surface area contributed by atoms with Crippen molar-refractivity contribution in [3.05, 3.63) is 57.0 Å². The number of nitrogens with zero attached hydrogens (tertiary/aromatic N) is 3. The van der Waals surface area contributed by atoms with Crippen LogP contribution in [0.15, 0.2) is 29.1 Å². The van der Waals surface area contributed by atoms with Crippen molar-refractivity contribution in [2.45, 2.75) is 33.7 Å². The number of hydrogen-bond donors (Lipinski definition) is 1. The van der Waals surface area contributed by atoms with Crippen LogP contribution in [0.1, 0.15) is 40.5 Å². The maximum absolute atomic E-state index is 12.4. The molecule has 128 valence electrons.